The highest BCUT2D eigenvalue weighted by molar-refractivity contribution is 6.34. The van der Waals surface area contributed by atoms with Gasteiger partial charge in [0, 0.05) is 49.3 Å². The van der Waals surface area contributed by atoms with Crippen LogP contribution in [0.3, 0.4) is 0 Å². The minimum Gasteiger partial charge on any atom is -0.467 e. The molecule has 2 fully saturated rings. The highest BCUT2D eigenvalue weighted by Gasteiger charge is 2.47. The average Bonchev–Trinajstić information content (AvgIpc) is 3.17. The van der Waals surface area contributed by atoms with Gasteiger partial charge in [-0.1, -0.05) is 11.6 Å². The van der Waals surface area contributed by atoms with Crippen LogP contribution in [0.25, 0.3) is 0 Å². The number of nitrogens with zero attached hydrogens (tertiary/aromatic N) is 7. The SMILES string of the molecule is COc1nc2c(c(N3CCCn4nc(C(=O)N5CC6C5CCCN6C)c(Cl)c4C3)n1)COC(c1c(C(F)(F)F)ccc(N)c1F)C2. The minimum absolute atomic E-state index is 0.00278. The average molecular weight is 665 g/mol. The molecule has 4 aliphatic heterocycles. The normalized spacial score (nSPS) is 23.2. The summed E-state index contributed by atoms with van der Waals surface area (Å²) in [6.45, 7) is 2.79. The number of likely N-dealkylation sites (tertiary alicyclic amines) is 2. The van der Waals surface area contributed by atoms with E-state index in [0.29, 0.717) is 54.9 Å². The Balaban J connectivity index is 1.18. The first kappa shape index (κ1) is 30.9. The van der Waals surface area contributed by atoms with E-state index in [1.165, 1.54) is 7.11 Å². The number of carbonyl (C=O) groups excluding carboxylic acids is 1. The third-order valence-electron chi connectivity index (χ3n) is 9.58. The zero-order valence-corrected chi connectivity index (χ0v) is 26.0. The summed E-state index contributed by atoms with van der Waals surface area (Å²) in [5.41, 5.74) is 5.23. The van der Waals surface area contributed by atoms with Crippen molar-refractivity contribution < 1.29 is 31.8 Å². The number of carbonyl (C=O) groups is 1. The van der Waals surface area contributed by atoms with Crippen molar-refractivity contribution in [2.45, 2.75) is 69.7 Å². The molecule has 4 aliphatic rings. The molecule has 1 amide bonds. The lowest BCUT2D eigenvalue weighted by Crippen LogP contribution is -2.69. The number of methoxy groups -OCH3 is 1. The molecule has 3 atom stereocenters. The maximum absolute atomic E-state index is 15.1. The number of hydrogen-bond acceptors (Lipinski definition) is 9. The Morgan fingerprint density at radius 1 is 1.15 bits per heavy atom. The van der Waals surface area contributed by atoms with Gasteiger partial charge >= 0.3 is 12.2 Å². The predicted octanol–water partition coefficient (Wildman–Crippen LogP) is 4.22. The molecule has 6 heterocycles. The quantitative estimate of drug-likeness (QED) is 0.324. The summed E-state index contributed by atoms with van der Waals surface area (Å²) in [6, 6.07) is 2.16. The number of alkyl halides is 3. The van der Waals surface area contributed by atoms with E-state index in [2.05, 4.69) is 27.0 Å². The van der Waals surface area contributed by atoms with Crippen LogP contribution < -0.4 is 15.4 Å². The van der Waals surface area contributed by atoms with Crippen molar-refractivity contribution in [1.29, 1.82) is 0 Å². The first-order chi connectivity index (χ1) is 22.0. The smallest absolute Gasteiger partial charge is 0.416 e. The van der Waals surface area contributed by atoms with Gasteiger partial charge in [0.25, 0.3) is 5.91 Å². The van der Waals surface area contributed by atoms with Crippen molar-refractivity contribution in [2.24, 2.45) is 0 Å². The second-order valence-corrected chi connectivity index (χ2v) is 12.6. The summed E-state index contributed by atoms with van der Waals surface area (Å²) in [7, 11) is 3.47. The van der Waals surface area contributed by atoms with E-state index < -0.39 is 34.9 Å². The molecule has 46 heavy (non-hydrogen) atoms. The lowest BCUT2D eigenvalue weighted by Gasteiger charge is -2.54. The van der Waals surface area contributed by atoms with Crippen LogP contribution in [0.15, 0.2) is 12.1 Å². The number of rotatable bonds is 4. The fraction of sp³-hybridized carbons (Fsp3) is 0.533. The molecule has 2 aromatic heterocycles. The van der Waals surface area contributed by atoms with Crippen molar-refractivity contribution in [1.82, 2.24) is 29.5 Å². The zero-order chi connectivity index (χ0) is 32.5. The van der Waals surface area contributed by atoms with Crippen molar-refractivity contribution in [3.8, 4) is 6.01 Å². The number of aromatic nitrogens is 4. The number of nitrogen functional groups attached to an aromatic ring is 1. The fourth-order valence-electron chi connectivity index (χ4n) is 7.13. The number of piperidine rings is 1. The number of anilines is 2. The van der Waals surface area contributed by atoms with Gasteiger partial charge < -0.3 is 25.0 Å². The number of benzene rings is 1. The van der Waals surface area contributed by atoms with E-state index >= 15 is 4.39 Å². The molecular formula is C30H33ClF4N8O3. The van der Waals surface area contributed by atoms with Crippen LogP contribution >= 0.6 is 11.6 Å². The van der Waals surface area contributed by atoms with Gasteiger partial charge in [0.15, 0.2) is 11.5 Å². The third kappa shape index (κ3) is 5.12. The lowest BCUT2D eigenvalue weighted by molar-refractivity contribution is -0.140. The summed E-state index contributed by atoms with van der Waals surface area (Å²) in [4.78, 5) is 28.7. The summed E-state index contributed by atoms with van der Waals surface area (Å²) in [6.07, 6.45) is -3.65. The van der Waals surface area contributed by atoms with Gasteiger partial charge in [-0.15, -0.1) is 0 Å². The van der Waals surface area contributed by atoms with Crippen LogP contribution in [-0.2, 0) is 37.0 Å². The van der Waals surface area contributed by atoms with Crippen molar-refractivity contribution >= 4 is 29.0 Å². The topological polar surface area (TPSA) is 115 Å². The van der Waals surface area contributed by atoms with E-state index in [4.69, 9.17) is 26.8 Å². The Hall–Kier alpha value is -3.69. The molecular weight excluding hydrogens is 632 g/mol. The number of amides is 1. The van der Waals surface area contributed by atoms with Crippen LogP contribution in [0.5, 0.6) is 6.01 Å². The predicted molar refractivity (Wildman–Crippen MR) is 159 cm³/mol. The van der Waals surface area contributed by atoms with Crippen LogP contribution in [0.1, 0.15) is 63.9 Å². The first-order valence-corrected chi connectivity index (χ1v) is 15.6. The molecule has 0 spiro atoms. The highest BCUT2D eigenvalue weighted by atomic mass is 35.5. The van der Waals surface area contributed by atoms with E-state index in [0.717, 1.165) is 31.5 Å². The lowest BCUT2D eigenvalue weighted by atomic mass is 9.87. The van der Waals surface area contributed by atoms with Gasteiger partial charge in [-0.05, 0) is 45.0 Å². The van der Waals surface area contributed by atoms with E-state index in [1.54, 1.807) is 4.68 Å². The Kier molecular flexibility index (Phi) is 7.75. The Bertz CT molecular complexity index is 1700. The minimum atomic E-state index is -4.82. The molecule has 3 unspecified atom stereocenters. The molecule has 0 aliphatic carbocycles. The standard InChI is InChI=1S/C30H33ClF4N8O3/c1-40-8-3-5-19-20(40)13-42(19)28(44)26-24(31)21-12-41(9-4-10-43(21)39-26)27-15-14-46-22(11-18(15)37-29(38-27)45-2)23-16(30(33,34)35)6-7-17(36)25(23)32/h6-7,19-20,22H,3-5,8-14,36H2,1-2H3. The fourth-order valence-corrected chi connectivity index (χ4v) is 7.41. The van der Waals surface area contributed by atoms with E-state index in [9.17, 15) is 18.0 Å². The number of likely N-dealkylation sites (N-methyl/N-ethyl adjacent to an activating group) is 1. The Morgan fingerprint density at radius 2 is 1.96 bits per heavy atom. The highest BCUT2D eigenvalue weighted by Crippen LogP contribution is 2.43. The molecule has 0 radical (unpaired) electrons. The van der Waals surface area contributed by atoms with Crippen LogP contribution in [0.2, 0.25) is 5.02 Å². The second-order valence-electron chi connectivity index (χ2n) is 12.2. The number of nitrogens with two attached hydrogens (primary N) is 1. The van der Waals surface area contributed by atoms with Crippen LogP contribution in [0.4, 0.5) is 29.1 Å². The molecule has 1 aromatic carbocycles. The maximum Gasteiger partial charge on any atom is 0.416 e. The molecule has 16 heteroatoms. The molecule has 0 saturated carbocycles. The van der Waals surface area contributed by atoms with Gasteiger partial charge in [0.1, 0.15) is 5.82 Å². The zero-order valence-electron chi connectivity index (χ0n) is 25.3. The van der Waals surface area contributed by atoms with Crippen LogP contribution in [0, 0.1) is 5.82 Å². The molecule has 11 nitrogen and oxygen atoms in total. The van der Waals surface area contributed by atoms with Gasteiger partial charge in [0.2, 0.25) is 0 Å². The van der Waals surface area contributed by atoms with Crippen molar-refractivity contribution in [3.05, 3.63) is 56.7 Å². The van der Waals surface area contributed by atoms with Crippen molar-refractivity contribution in [2.75, 3.05) is 44.4 Å². The number of halogens is 5. The molecule has 2 saturated heterocycles. The molecule has 246 valence electrons. The second kappa shape index (κ2) is 11.5. The number of aryl methyl sites for hydroxylation is 1. The van der Waals surface area contributed by atoms with Gasteiger partial charge in [0.05, 0.1) is 54.0 Å². The van der Waals surface area contributed by atoms with Gasteiger partial charge in [-0.3, -0.25) is 14.4 Å². The largest absolute Gasteiger partial charge is 0.467 e. The van der Waals surface area contributed by atoms with E-state index in [1.807, 2.05) is 9.80 Å². The monoisotopic (exact) mass is 664 g/mol. The van der Waals surface area contributed by atoms with Crippen molar-refractivity contribution in [3.63, 3.8) is 0 Å². The molecule has 3 aromatic rings. The number of ether oxygens (including phenoxy) is 2. The summed E-state index contributed by atoms with van der Waals surface area (Å²) >= 11 is 6.87. The number of hydrogen-bond donors (Lipinski definition) is 1. The molecule has 2 N–H and O–H groups in total. The summed E-state index contributed by atoms with van der Waals surface area (Å²) in [5.74, 6) is -0.894. The first-order valence-electron chi connectivity index (χ1n) is 15.2. The summed E-state index contributed by atoms with van der Waals surface area (Å²) < 4.78 is 69.8. The summed E-state index contributed by atoms with van der Waals surface area (Å²) in [5, 5.41) is 4.92. The van der Waals surface area contributed by atoms with Crippen LogP contribution in [-0.4, -0.2) is 81.3 Å². The van der Waals surface area contributed by atoms with E-state index in [-0.39, 0.29) is 48.2 Å². The molecule has 0 bridgehead atoms. The Morgan fingerprint density at radius 3 is 2.72 bits per heavy atom. The van der Waals surface area contributed by atoms with Gasteiger partial charge in [-0.2, -0.15) is 28.2 Å². The third-order valence-corrected chi connectivity index (χ3v) is 9.97. The number of fused-ring (bicyclic) bond motifs is 3. The molecule has 7 rings (SSSR count). The Labute approximate surface area is 267 Å². The van der Waals surface area contributed by atoms with Gasteiger partial charge in [-0.25, -0.2) is 4.39 Å². The maximum atomic E-state index is 15.1.